The topological polar surface area (TPSA) is 57.6 Å². The van der Waals surface area contributed by atoms with Crippen LogP contribution in [0.1, 0.15) is 11.3 Å². The minimum absolute atomic E-state index is 0.0358. The SMILES string of the molecule is NC(Cc1ccc2c(c1)OCCO2)Cc1ccco1. The Kier molecular flexibility index (Phi) is 3.42. The molecule has 0 spiro atoms. The molecule has 1 unspecified atom stereocenters. The summed E-state index contributed by atoms with van der Waals surface area (Å²) in [6.45, 7) is 1.22. The van der Waals surface area contributed by atoms with Crippen LogP contribution in [0, 0.1) is 0 Å². The summed E-state index contributed by atoms with van der Waals surface area (Å²) in [5.74, 6) is 2.55. The monoisotopic (exact) mass is 259 g/mol. The van der Waals surface area contributed by atoms with Crippen molar-refractivity contribution in [3.8, 4) is 11.5 Å². The van der Waals surface area contributed by atoms with Crippen molar-refractivity contribution in [3.05, 3.63) is 47.9 Å². The zero-order valence-corrected chi connectivity index (χ0v) is 10.7. The highest BCUT2D eigenvalue weighted by atomic mass is 16.6. The molecule has 1 aliphatic rings. The van der Waals surface area contributed by atoms with Crippen LogP contribution < -0.4 is 15.2 Å². The van der Waals surface area contributed by atoms with Crippen molar-refractivity contribution in [1.82, 2.24) is 0 Å². The Morgan fingerprint density at radius 2 is 1.89 bits per heavy atom. The summed E-state index contributed by atoms with van der Waals surface area (Å²) in [7, 11) is 0. The summed E-state index contributed by atoms with van der Waals surface area (Å²) in [5, 5.41) is 0. The van der Waals surface area contributed by atoms with Crippen LogP contribution in [0.3, 0.4) is 0 Å². The molecule has 0 saturated heterocycles. The molecule has 0 aliphatic carbocycles. The number of benzene rings is 1. The van der Waals surface area contributed by atoms with Crippen LogP contribution in [-0.2, 0) is 12.8 Å². The molecule has 0 fully saturated rings. The van der Waals surface area contributed by atoms with E-state index in [4.69, 9.17) is 19.6 Å². The van der Waals surface area contributed by atoms with E-state index in [2.05, 4.69) is 0 Å². The molecule has 0 saturated carbocycles. The van der Waals surface area contributed by atoms with Gasteiger partial charge in [-0.15, -0.1) is 0 Å². The zero-order valence-electron chi connectivity index (χ0n) is 10.7. The number of furan rings is 1. The van der Waals surface area contributed by atoms with Gasteiger partial charge in [-0.2, -0.15) is 0 Å². The lowest BCUT2D eigenvalue weighted by atomic mass is 10.0. The predicted octanol–water partition coefficient (Wildman–Crippen LogP) is 2.16. The van der Waals surface area contributed by atoms with Gasteiger partial charge in [0.05, 0.1) is 6.26 Å². The second-order valence-electron chi connectivity index (χ2n) is 4.73. The minimum Gasteiger partial charge on any atom is -0.486 e. The Balaban J connectivity index is 1.66. The minimum atomic E-state index is 0.0358. The quantitative estimate of drug-likeness (QED) is 0.914. The van der Waals surface area contributed by atoms with E-state index >= 15 is 0 Å². The highest BCUT2D eigenvalue weighted by Crippen LogP contribution is 2.31. The maximum absolute atomic E-state index is 6.14. The van der Waals surface area contributed by atoms with Crippen LogP contribution in [0.4, 0.5) is 0 Å². The summed E-state index contributed by atoms with van der Waals surface area (Å²) in [4.78, 5) is 0. The molecule has 19 heavy (non-hydrogen) atoms. The number of hydrogen-bond donors (Lipinski definition) is 1. The van der Waals surface area contributed by atoms with Crippen LogP contribution in [0.25, 0.3) is 0 Å². The molecular weight excluding hydrogens is 242 g/mol. The molecule has 1 aliphatic heterocycles. The van der Waals surface area contributed by atoms with Gasteiger partial charge in [-0.25, -0.2) is 0 Å². The standard InChI is InChI=1S/C15H17NO3/c16-12(10-13-2-1-5-17-13)8-11-3-4-14-15(9-11)19-7-6-18-14/h1-5,9,12H,6-8,10,16H2. The lowest BCUT2D eigenvalue weighted by Gasteiger charge is -2.19. The van der Waals surface area contributed by atoms with E-state index in [0.29, 0.717) is 13.2 Å². The fraction of sp³-hybridized carbons (Fsp3) is 0.333. The Labute approximate surface area is 112 Å². The van der Waals surface area contributed by atoms with E-state index in [9.17, 15) is 0 Å². The Morgan fingerprint density at radius 1 is 1.05 bits per heavy atom. The maximum Gasteiger partial charge on any atom is 0.161 e. The molecule has 0 amide bonds. The number of ether oxygens (including phenoxy) is 2. The molecule has 3 rings (SSSR count). The zero-order chi connectivity index (χ0) is 13.1. The summed E-state index contributed by atoms with van der Waals surface area (Å²) in [5.41, 5.74) is 7.30. The molecule has 2 aromatic rings. The third kappa shape index (κ3) is 2.90. The third-order valence-corrected chi connectivity index (χ3v) is 3.15. The van der Waals surface area contributed by atoms with Gasteiger partial charge >= 0.3 is 0 Å². The average molecular weight is 259 g/mol. The van der Waals surface area contributed by atoms with Crippen LogP contribution >= 0.6 is 0 Å². The molecule has 4 nitrogen and oxygen atoms in total. The van der Waals surface area contributed by atoms with Crippen LogP contribution in [0.5, 0.6) is 11.5 Å². The van der Waals surface area contributed by atoms with Gasteiger partial charge < -0.3 is 19.6 Å². The molecule has 1 aromatic heterocycles. The van der Waals surface area contributed by atoms with Gasteiger partial charge in [0.15, 0.2) is 11.5 Å². The molecule has 0 radical (unpaired) electrons. The molecule has 4 heteroatoms. The highest BCUT2D eigenvalue weighted by molar-refractivity contribution is 5.44. The predicted molar refractivity (Wildman–Crippen MR) is 71.5 cm³/mol. The average Bonchev–Trinajstić information content (AvgIpc) is 2.91. The summed E-state index contributed by atoms with van der Waals surface area (Å²) in [6, 6.07) is 9.86. The second kappa shape index (κ2) is 5.36. The summed E-state index contributed by atoms with van der Waals surface area (Å²) < 4.78 is 16.4. The van der Waals surface area contributed by atoms with Gasteiger partial charge in [0.2, 0.25) is 0 Å². The normalized spacial score (nSPS) is 15.2. The Morgan fingerprint density at radius 3 is 2.68 bits per heavy atom. The molecule has 100 valence electrons. The Hall–Kier alpha value is -1.94. The maximum atomic E-state index is 6.14. The van der Waals surface area contributed by atoms with Gasteiger partial charge in [-0.1, -0.05) is 6.07 Å². The van der Waals surface area contributed by atoms with Crippen LogP contribution in [0.15, 0.2) is 41.0 Å². The van der Waals surface area contributed by atoms with Crippen LogP contribution in [-0.4, -0.2) is 19.3 Å². The first-order valence-electron chi connectivity index (χ1n) is 6.48. The van der Waals surface area contributed by atoms with Crippen molar-refractivity contribution < 1.29 is 13.9 Å². The molecule has 0 bridgehead atoms. The van der Waals surface area contributed by atoms with E-state index in [1.807, 2.05) is 30.3 Å². The van der Waals surface area contributed by atoms with Gasteiger partial charge in [-0.05, 0) is 36.2 Å². The largest absolute Gasteiger partial charge is 0.486 e. The first-order chi connectivity index (χ1) is 9.31. The second-order valence-corrected chi connectivity index (χ2v) is 4.73. The highest BCUT2D eigenvalue weighted by Gasteiger charge is 2.13. The van der Waals surface area contributed by atoms with Crippen molar-refractivity contribution >= 4 is 0 Å². The van der Waals surface area contributed by atoms with Gasteiger partial charge in [0.25, 0.3) is 0 Å². The fourth-order valence-corrected chi connectivity index (χ4v) is 2.28. The van der Waals surface area contributed by atoms with Gasteiger partial charge in [0.1, 0.15) is 19.0 Å². The number of hydrogen-bond acceptors (Lipinski definition) is 4. The Bertz CT molecular complexity index is 536. The number of nitrogens with two attached hydrogens (primary N) is 1. The third-order valence-electron chi connectivity index (χ3n) is 3.15. The molecule has 1 aromatic carbocycles. The van der Waals surface area contributed by atoms with Crippen molar-refractivity contribution in [2.75, 3.05) is 13.2 Å². The van der Waals surface area contributed by atoms with Gasteiger partial charge in [-0.3, -0.25) is 0 Å². The van der Waals surface area contributed by atoms with Crippen molar-refractivity contribution in [2.45, 2.75) is 18.9 Å². The van der Waals surface area contributed by atoms with Gasteiger partial charge in [0, 0.05) is 12.5 Å². The lowest BCUT2D eigenvalue weighted by molar-refractivity contribution is 0.171. The number of rotatable bonds is 4. The smallest absolute Gasteiger partial charge is 0.161 e. The van der Waals surface area contributed by atoms with Crippen LogP contribution in [0.2, 0.25) is 0 Å². The van der Waals surface area contributed by atoms with Crippen molar-refractivity contribution in [3.63, 3.8) is 0 Å². The molecule has 2 heterocycles. The first kappa shape index (κ1) is 12.1. The number of fused-ring (bicyclic) bond motifs is 1. The van der Waals surface area contributed by atoms with E-state index in [-0.39, 0.29) is 6.04 Å². The van der Waals surface area contributed by atoms with E-state index in [1.54, 1.807) is 6.26 Å². The molecule has 2 N–H and O–H groups in total. The molecular formula is C15H17NO3. The summed E-state index contributed by atoms with van der Waals surface area (Å²) in [6.07, 6.45) is 3.20. The lowest BCUT2D eigenvalue weighted by Crippen LogP contribution is -2.25. The van der Waals surface area contributed by atoms with Crippen molar-refractivity contribution in [2.24, 2.45) is 5.73 Å². The fourth-order valence-electron chi connectivity index (χ4n) is 2.28. The van der Waals surface area contributed by atoms with E-state index < -0.39 is 0 Å². The van der Waals surface area contributed by atoms with E-state index in [1.165, 1.54) is 0 Å². The summed E-state index contributed by atoms with van der Waals surface area (Å²) >= 11 is 0. The van der Waals surface area contributed by atoms with Crippen molar-refractivity contribution in [1.29, 1.82) is 0 Å². The molecule has 1 atom stereocenters. The first-order valence-corrected chi connectivity index (χ1v) is 6.48. The van der Waals surface area contributed by atoms with E-state index in [0.717, 1.165) is 35.7 Å².